The van der Waals surface area contributed by atoms with Gasteiger partial charge < -0.3 is 15.4 Å². The Morgan fingerprint density at radius 1 is 1.72 bits per heavy atom. The van der Waals surface area contributed by atoms with Crippen molar-refractivity contribution in [2.45, 2.75) is 19.9 Å². The quantitative estimate of drug-likeness (QED) is 0.693. The number of aromatic amines is 1. The van der Waals surface area contributed by atoms with Gasteiger partial charge in [0.05, 0.1) is 6.33 Å². The molecular weight excluding hydrogens is 234 g/mol. The van der Waals surface area contributed by atoms with Gasteiger partial charge >= 0.3 is 0 Å². The standard InChI is InChI=1S/C11H15N5O2/c1-11(2-6(11)3-17)4-16-5-13-7-8(16)14-10(12)15-9(7)18/h5-6,17H,2-4H2,1H3,(H3,12,14,15,18). The SMILES string of the molecule is CC1(Cn2cnc3c(=O)[nH]c(N)nc32)CC1CO. The third kappa shape index (κ3) is 1.59. The number of nitrogens with two attached hydrogens (primary N) is 1. The van der Waals surface area contributed by atoms with Gasteiger partial charge in [0.15, 0.2) is 11.2 Å². The fourth-order valence-corrected chi connectivity index (χ4v) is 2.46. The van der Waals surface area contributed by atoms with Crippen molar-refractivity contribution in [2.75, 3.05) is 12.3 Å². The molecule has 2 unspecified atom stereocenters. The number of aromatic nitrogens is 4. The van der Waals surface area contributed by atoms with E-state index in [4.69, 9.17) is 10.8 Å². The minimum atomic E-state index is -0.323. The first-order valence-electron chi connectivity index (χ1n) is 5.85. The normalized spacial score (nSPS) is 26.7. The third-order valence-electron chi connectivity index (χ3n) is 3.78. The minimum Gasteiger partial charge on any atom is -0.396 e. The molecule has 2 atom stereocenters. The Morgan fingerprint density at radius 2 is 2.50 bits per heavy atom. The molecule has 0 saturated heterocycles. The van der Waals surface area contributed by atoms with E-state index in [9.17, 15) is 4.79 Å². The van der Waals surface area contributed by atoms with Gasteiger partial charge in [0.2, 0.25) is 5.95 Å². The number of anilines is 1. The molecule has 1 aliphatic carbocycles. The summed E-state index contributed by atoms with van der Waals surface area (Å²) in [7, 11) is 0. The highest BCUT2D eigenvalue weighted by molar-refractivity contribution is 5.70. The topological polar surface area (TPSA) is 110 Å². The first-order chi connectivity index (χ1) is 8.53. The van der Waals surface area contributed by atoms with Gasteiger partial charge in [-0.2, -0.15) is 4.98 Å². The maximum atomic E-state index is 11.6. The summed E-state index contributed by atoms with van der Waals surface area (Å²) in [6, 6.07) is 0. The molecule has 2 heterocycles. The first-order valence-corrected chi connectivity index (χ1v) is 5.85. The summed E-state index contributed by atoms with van der Waals surface area (Å²) in [6.07, 6.45) is 2.58. The lowest BCUT2D eigenvalue weighted by molar-refractivity contribution is 0.246. The number of fused-ring (bicyclic) bond motifs is 1. The van der Waals surface area contributed by atoms with Gasteiger partial charge in [-0.15, -0.1) is 0 Å². The predicted molar refractivity (Wildman–Crippen MR) is 65.9 cm³/mol. The summed E-state index contributed by atoms with van der Waals surface area (Å²) >= 11 is 0. The Bertz CT molecular complexity index is 661. The molecule has 0 radical (unpaired) electrons. The average Bonchev–Trinajstić information content (AvgIpc) is 2.79. The molecule has 3 rings (SSSR count). The summed E-state index contributed by atoms with van der Waals surface area (Å²) < 4.78 is 1.83. The van der Waals surface area contributed by atoms with Crippen LogP contribution in [0.4, 0.5) is 5.95 Å². The second-order valence-corrected chi connectivity index (χ2v) is 5.23. The van der Waals surface area contributed by atoms with E-state index in [1.165, 1.54) is 0 Å². The molecule has 7 heteroatoms. The Balaban J connectivity index is 2.01. The second kappa shape index (κ2) is 3.55. The van der Waals surface area contributed by atoms with Crippen molar-refractivity contribution < 1.29 is 5.11 Å². The maximum Gasteiger partial charge on any atom is 0.280 e. The van der Waals surface area contributed by atoms with Crippen molar-refractivity contribution in [1.82, 2.24) is 19.5 Å². The zero-order chi connectivity index (χ0) is 12.9. The fourth-order valence-electron chi connectivity index (χ4n) is 2.46. The summed E-state index contributed by atoms with van der Waals surface area (Å²) in [6.45, 7) is 2.99. The summed E-state index contributed by atoms with van der Waals surface area (Å²) in [5, 5.41) is 9.16. The maximum absolute atomic E-state index is 11.6. The number of hydrogen-bond donors (Lipinski definition) is 3. The second-order valence-electron chi connectivity index (χ2n) is 5.23. The number of hydrogen-bond acceptors (Lipinski definition) is 5. The number of aliphatic hydroxyl groups is 1. The number of rotatable bonds is 3. The van der Waals surface area contributed by atoms with E-state index in [1.54, 1.807) is 6.33 Å². The van der Waals surface area contributed by atoms with Crippen LogP contribution in [0, 0.1) is 11.3 Å². The third-order valence-corrected chi connectivity index (χ3v) is 3.78. The summed E-state index contributed by atoms with van der Waals surface area (Å²) in [5.74, 6) is 0.406. The van der Waals surface area contributed by atoms with Crippen LogP contribution in [0.3, 0.4) is 0 Å². The van der Waals surface area contributed by atoms with E-state index in [0.717, 1.165) is 6.42 Å². The van der Waals surface area contributed by atoms with Gasteiger partial charge in [-0.25, -0.2) is 4.98 Å². The molecule has 0 bridgehead atoms. The van der Waals surface area contributed by atoms with Gasteiger partial charge in [0, 0.05) is 13.2 Å². The molecule has 1 fully saturated rings. The lowest BCUT2D eigenvalue weighted by atomic mass is 10.1. The molecule has 4 N–H and O–H groups in total. The van der Waals surface area contributed by atoms with Crippen molar-refractivity contribution in [3.8, 4) is 0 Å². The van der Waals surface area contributed by atoms with Crippen molar-refractivity contribution >= 4 is 17.1 Å². The van der Waals surface area contributed by atoms with E-state index >= 15 is 0 Å². The zero-order valence-electron chi connectivity index (χ0n) is 10.1. The predicted octanol–water partition coefficient (Wildman–Crippen LogP) is -0.280. The van der Waals surface area contributed by atoms with Crippen LogP contribution in [0.15, 0.2) is 11.1 Å². The van der Waals surface area contributed by atoms with Gasteiger partial charge in [0.25, 0.3) is 5.56 Å². The van der Waals surface area contributed by atoms with Crippen LogP contribution in [0.5, 0.6) is 0 Å². The highest BCUT2D eigenvalue weighted by Crippen LogP contribution is 2.53. The smallest absolute Gasteiger partial charge is 0.280 e. The Kier molecular flexibility index (Phi) is 2.21. The minimum absolute atomic E-state index is 0.0570. The molecule has 7 nitrogen and oxygen atoms in total. The van der Waals surface area contributed by atoms with Crippen LogP contribution < -0.4 is 11.3 Å². The molecule has 0 aliphatic heterocycles. The molecule has 0 aromatic carbocycles. The lowest BCUT2D eigenvalue weighted by Gasteiger charge is -2.11. The summed E-state index contributed by atoms with van der Waals surface area (Å²) in [5.41, 5.74) is 6.07. The molecule has 0 amide bonds. The molecular formula is C11H15N5O2. The van der Waals surface area contributed by atoms with Crippen LogP contribution in [-0.2, 0) is 6.54 Å². The molecule has 0 spiro atoms. The monoisotopic (exact) mass is 249 g/mol. The van der Waals surface area contributed by atoms with Gasteiger partial charge in [-0.05, 0) is 17.8 Å². The number of nitrogens with one attached hydrogen (secondary N) is 1. The highest BCUT2D eigenvalue weighted by Gasteiger charge is 2.49. The summed E-state index contributed by atoms with van der Waals surface area (Å²) in [4.78, 5) is 22.2. The van der Waals surface area contributed by atoms with Gasteiger partial charge in [-0.1, -0.05) is 6.92 Å². The van der Waals surface area contributed by atoms with E-state index < -0.39 is 0 Å². The lowest BCUT2D eigenvalue weighted by Crippen LogP contribution is -2.15. The Labute approximate surface area is 103 Å². The van der Waals surface area contributed by atoms with E-state index in [0.29, 0.717) is 23.6 Å². The van der Waals surface area contributed by atoms with Crippen LogP contribution >= 0.6 is 0 Å². The molecule has 1 aliphatic rings. The number of H-pyrrole nitrogens is 1. The van der Waals surface area contributed by atoms with Crippen molar-refractivity contribution in [1.29, 1.82) is 0 Å². The van der Waals surface area contributed by atoms with Crippen molar-refractivity contribution in [2.24, 2.45) is 11.3 Å². The van der Waals surface area contributed by atoms with Crippen molar-refractivity contribution in [3.05, 3.63) is 16.7 Å². The number of imidazole rings is 1. The van der Waals surface area contributed by atoms with Gasteiger partial charge in [0.1, 0.15) is 0 Å². The van der Waals surface area contributed by atoms with Crippen LogP contribution in [0.2, 0.25) is 0 Å². The van der Waals surface area contributed by atoms with Crippen LogP contribution in [0.25, 0.3) is 11.2 Å². The molecule has 18 heavy (non-hydrogen) atoms. The fraction of sp³-hybridized carbons (Fsp3) is 0.545. The largest absolute Gasteiger partial charge is 0.396 e. The number of aliphatic hydroxyl groups excluding tert-OH is 1. The van der Waals surface area contributed by atoms with E-state index in [-0.39, 0.29) is 23.5 Å². The van der Waals surface area contributed by atoms with Crippen molar-refractivity contribution in [3.63, 3.8) is 0 Å². The molecule has 2 aromatic heterocycles. The zero-order valence-corrected chi connectivity index (χ0v) is 10.1. The van der Waals surface area contributed by atoms with E-state index in [2.05, 4.69) is 21.9 Å². The molecule has 96 valence electrons. The average molecular weight is 249 g/mol. The van der Waals surface area contributed by atoms with E-state index in [1.807, 2.05) is 4.57 Å². The Morgan fingerprint density at radius 3 is 3.17 bits per heavy atom. The van der Waals surface area contributed by atoms with Crippen LogP contribution in [-0.4, -0.2) is 31.2 Å². The van der Waals surface area contributed by atoms with Gasteiger partial charge in [-0.3, -0.25) is 9.78 Å². The highest BCUT2D eigenvalue weighted by atomic mass is 16.3. The van der Waals surface area contributed by atoms with Crippen LogP contribution in [0.1, 0.15) is 13.3 Å². The molecule has 1 saturated carbocycles. The molecule has 2 aromatic rings. The first kappa shape index (κ1) is 11.2. The number of nitrogen functional groups attached to an aromatic ring is 1. The number of nitrogens with zero attached hydrogens (tertiary/aromatic N) is 3. The Hall–Kier alpha value is -1.89.